The zero-order chi connectivity index (χ0) is 15.9. The van der Waals surface area contributed by atoms with E-state index in [4.69, 9.17) is 0 Å². The third kappa shape index (κ3) is 2.84. The summed E-state index contributed by atoms with van der Waals surface area (Å²) in [5.41, 5.74) is 6.20. The maximum Gasteiger partial charge on any atom is 0.256 e. The molecule has 3 rings (SSSR count). The molecule has 0 bridgehead atoms. The summed E-state index contributed by atoms with van der Waals surface area (Å²) < 4.78 is 0. The molecule has 0 fully saturated rings. The van der Waals surface area contributed by atoms with Gasteiger partial charge in [-0.3, -0.25) is 4.79 Å². The second-order valence-electron chi connectivity index (χ2n) is 6.06. The van der Waals surface area contributed by atoms with Gasteiger partial charge >= 0.3 is 0 Å². The number of carbonyl (C=O) groups is 1. The number of rotatable bonds is 2. The highest BCUT2D eigenvalue weighted by molar-refractivity contribution is 7.64. The number of amides is 1. The molecule has 1 N–H and O–H groups in total. The largest absolute Gasteiger partial charge is 0.321 e. The highest BCUT2D eigenvalue weighted by Gasteiger charge is 2.24. The molecular weight excluding hydrogens is 289 g/mol. The number of carbonyl (C=O) groups excluding carboxylic acids is 1. The fraction of sp³-hybridized carbons (Fsp3) is 0.211. The Morgan fingerprint density at radius 3 is 2.32 bits per heavy atom. The summed E-state index contributed by atoms with van der Waals surface area (Å²) in [4.78, 5) is 12.3. The van der Waals surface area contributed by atoms with Gasteiger partial charge in [-0.1, -0.05) is 49.4 Å². The monoisotopic (exact) mass is 309 g/mol. The van der Waals surface area contributed by atoms with Gasteiger partial charge in [-0.15, -0.1) is 0 Å². The average molecular weight is 309 g/mol. The molecule has 0 radical (unpaired) electrons. The Morgan fingerprint density at radius 1 is 1.00 bits per heavy atom. The van der Waals surface area contributed by atoms with E-state index in [-0.39, 0.29) is 13.8 Å². The SMILES string of the molecule is Cc1cc(C)cc(/C=C2\C(=O)Nc3cc(P(C)C)ccc32)c1. The predicted molar refractivity (Wildman–Crippen MR) is 97.3 cm³/mol. The Kier molecular flexibility index (Phi) is 3.88. The van der Waals surface area contributed by atoms with Gasteiger partial charge in [-0.25, -0.2) is 0 Å². The molecule has 0 aromatic heterocycles. The molecule has 3 heteroatoms. The van der Waals surface area contributed by atoms with Crippen molar-refractivity contribution >= 4 is 36.5 Å². The minimum atomic E-state index is -0.158. The maximum atomic E-state index is 12.3. The van der Waals surface area contributed by atoms with Crippen LogP contribution in [0.3, 0.4) is 0 Å². The Bertz CT molecular complexity index is 770. The molecule has 2 aromatic rings. The summed E-state index contributed by atoms with van der Waals surface area (Å²) in [5.74, 6) is -0.0113. The standard InChI is InChI=1S/C19H20NOP/c1-12-7-13(2)9-14(8-12)10-17-16-6-5-15(22(3)4)11-18(16)20-19(17)21/h5-11H,1-4H3,(H,20,21)/b17-10-. The van der Waals surface area contributed by atoms with Crippen LogP contribution in [-0.4, -0.2) is 19.2 Å². The summed E-state index contributed by atoms with van der Waals surface area (Å²) in [6, 6.07) is 12.7. The molecule has 112 valence electrons. The van der Waals surface area contributed by atoms with E-state index in [1.807, 2.05) is 6.08 Å². The van der Waals surface area contributed by atoms with Crippen molar-refractivity contribution in [1.82, 2.24) is 0 Å². The van der Waals surface area contributed by atoms with Gasteiger partial charge in [-0.2, -0.15) is 0 Å². The van der Waals surface area contributed by atoms with Crippen molar-refractivity contribution < 1.29 is 4.79 Å². The fourth-order valence-electron chi connectivity index (χ4n) is 2.86. The molecule has 1 heterocycles. The number of aryl methyl sites for hydroxylation is 2. The lowest BCUT2D eigenvalue weighted by Gasteiger charge is -2.07. The molecule has 0 aliphatic carbocycles. The van der Waals surface area contributed by atoms with E-state index in [2.05, 4.69) is 68.9 Å². The highest BCUT2D eigenvalue weighted by Crippen LogP contribution is 2.35. The number of anilines is 1. The summed E-state index contributed by atoms with van der Waals surface area (Å²) in [6.45, 7) is 8.60. The molecular formula is C19H20NOP. The van der Waals surface area contributed by atoms with Crippen LogP contribution in [0, 0.1) is 13.8 Å². The van der Waals surface area contributed by atoms with Crippen LogP contribution < -0.4 is 10.6 Å². The van der Waals surface area contributed by atoms with Gasteiger partial charge in [0.1, 0.15) is 0 Å². The normalized spacial score (nSPS) is 15.3. The molecule has 0 saturated carbocycles. The van der Waals surface area contributed by atoms with Crippen molar-refractivity contribution in [3.63, 3.8) is 0 Å². The van der Waals surface area contributed by atoms with Crippen LogP contribution >= 0.6 is 7.92 Å². The zero-order valence-corrected chi connectivity index (χ0v) is 14.3. The molecule has 1 amide bonds. The van der Waals surface area contributed by atoms with Gasteiger partial charge in [0, 0.05) is 16.8 Å². The maximum absolute atomic E-state index is 12.3. The molecule has 0 spiro atoms. The third-order valence-electron chi connectivity index (χ3n) is 3.86. The first-order valence-corrected chi connectivity index (χ1v) is 9.61. The van der Waals surface area contributed by atoms with Crippen LogP contribution in [0.2, 0.25) is 0 Å². The number of nitrogens with one attached hydrogen (secondary N) is 1. The molecule has 0 saturated heterocycles. The van der Waals surface area contributed by atoms with E-state index < -0.39 is 0 Å². The molecule has 0 atom stereocenters. The summed E-state index contributed by atoms with van der Waals surface area (Å²) >= 11 is 0. The minimum Gasteiger partial charge on any atom is -0.321 e. The van der Waals surface area contributed by atoms with Gasteiger partial charge in [0.25, 0.3) is 5.91 Å². The average Bonchev–Trinajstić information content (AvgIpc) is 2.73. The zero-order valence-electron chi connectivity index (χ0n) is 13.4. The topological polar surface area (TPSA) is 29.1 Å². The lowest BCUT2D eigenvalue weighted by atomic mass is 10.0. The summed E-state index contributed by atoms with van der Waals surface area (Å²) in [7, 11) is -0.158. The van der Waals surface area contributed by atoms with E-state index in [0.29, 0.717) is 0 Å². The predicted octanol–water partition coefficient (Wildman–Crippen LogP) is 4.16. The fourth-order valence-corrected chi connectivity index (χ4v) is 3.62. The molecule has 2 aromatic carbocycles. The van der Waals surface area contributed by atoms with Crippen molar-refractivity contribution in [3.8, 4) is 0 Å². The number of benzene rings is 2. The Hall–Kier alpha value is -1.92. The van der Waals surface area contributed by atoms with Crippen LogP contribution in [0.4, 0.5) is 5.69 Å². The van der Waals surface area contributed by atoms with Crippen molar-refractivity contribution in [2.24, 2.45) is 0 Å². The van der Waals surface area contributed by atoms with Crippen LogP contribution in [0.15, 0.2) is 36.4 Å². The lowest BCUT2D eigenvalue weighted by molar-refractivity contribution is -0.110. The molecule has 2 nitrogen and oxygen atoms in total. The molecule has 0 unspecified atom stereocenters. The van der Waals surface area contributed by atoms with Crippen LogP contribution in [0.5, 0.6) is 0 Å². The van der Waals surface area contributed by atoms with Crippen molar-refractivity contribution in [1.29, 1.82) is 0 Å². The van der Waals surface area contributed by atoms with Gasteiger partial charge in [0.15, 0.2) is 0 Å². The quantitative estimate of drug-likeness (QED) is 0.655. The first kappa shape index (κ1) is 15.0. The number of hydrogen-bond acceptors (Lipinski definition) is 1. The van der Waals surface area contributed by atoms with Crippen LogP contribution in [-0.2, 0) is 4.79 Å². The van der Waals surface area contributed by atoms with E-state index in [1.54, 1.807) is 0 Å². The summed E-state index contributed by atoms with van der Waals surface area (Å²) in [5, 5.41) is 4.30. The van der Waals surface area contributed by atoms with E-state index in [9.17, 15) is 4.79 Å². The van der Waals surface area contributed by atoms with Gasteiger partial charge < -0.3 is 5.32 Å². The highest BCUT2D eigenvalue weighted by atomic mass is 31.1. The van der Waals surface area contributed by atoms with Crippen molar-refractivity contribution in [2.75, 3.05) is 18.6 Å². The van der Waals surface area contributed by atoms with Crippen molar-refractivity contribution in [3.05, 3.63) is 58.7 Å². The smallest absolute Gasteiger partial charge is 0.256 e. The molecule has 1 aliphatic heterocycles. The first-order chi connectivity index (χ1) is 10.4. The van der Waals surface area contributed by atoms with Crippen molar-refractivity contribution in [2.45, 2.75) is 13.8 Å². The molecule has 22 heavy (non-hydrogen) atoms. The van der Waals surface area contributed by atoms with Crippen LogP contribution in [0.1, 0.15) is 22.3 Å². The van der Waals surface area contributed by atoms with Crippen LogP contribution in [0.25, 0.3) is 11.6 Å². The Morgan fingerprint density at radius 2 is 1.68 bits per heavy atom. The van der Waals surface area contributed by atoms with E-state index >= 15 is 0 Å². The molecule has 1 aliphatic rings. The second kappa shape index (κ2) is 5.70. The van der Waals surface area contributed by atoms with E-state index in [1.165, 1.54) is 16.4 Å². The van der Waals surface area contributed by atoms with Gasteiger partial charge in [0.05, 0.1) is 0 Å². The number of hydrogen-bond donors (Lipinski definition) is 1. The summed E-state index contributed by atoms with van der Waals surface area (Å²) in [6.07, 6.45) is 1.99. The van der Waals surface area contributed by atoms with Gasteiger partial charge in [0.2, 0.25) is 0 Å². The lowest BCUT2D eigenvalue weighted by Crippen LogP contribution is -2.04. The minimum absolute atomic E-state index is 0.0113. The number of fused-ring (bicyclic) bond motifs is 1. The van der Waals surface area contributed by atoms with E-state index in [0.717, 1.165) is 22.4 Å². The third-order valence-corrected chi connectivity index (χ3v) is 5.17. The Labute approximate surface area is 133 Å². The van der Waals surface area contributed by atoms with Gasteiger partial charge in [-0.05, 0) is 50.2 Å². The second-order valence-corrected chi connectivity index (χ2v) is 8.36. The first-order valence-electron chi connectivity index (χ1n) is 7.37. The Balaban J connectivity index is 2.06.